The molecular formula is C24H30N8O4S. The summed E-state index contributed by atoms with van der Waals surface area (Å²) in [5, 5.41) is 0. The topological polar surface area (TPSA) is 150 Å². The van der Waals surface area contributed by atoms with Gasteiger partial charge >= 0.3 is 5.69 Å². The maximum Gasteiger partial charge on any atom is 0.332 e. The maximum absolute atomic E-state index is 13.8. The second-order valence-corrected chi connectivity index (χ2v) is 11.3. The molecule has 4 heterocycles. The monoisotopic (exact) mass is 526 g/mol. The largest absolute Gasteiger partial charge is 0.341 e. The highest BCUT2D eigenvalue weighted by Crippen LogP contribution is 2.23. The molecule has 2 N–H and O–H groups in total. The number of piperidine rings is 1. The number of aliphatic imine (C=N–C) groups is 1. The molecule has 0 amide bonds. The molecule has 1 aliphatic rings. The lowest BCUT2D eigenvalue weighted by Gasteiger charge is -2.31. The first-order valence-electron chi connectivity index (χ1n) is 11.8. The fraction of sp³-hybridized carbons (Fsp3) is 0.458. The minimum Gasteiger partial charge on any atom is -0.341 e. The van der Waals surface area contributed by atoms with Crippen molar-refractivity contribution in [2.45, 2.75) is 38.9 Å². The standard InChI is InChI=1S/C24H30N8O4S/c1-4-5-13-31-20-21(28-23(31)30-12-6-7-17(25)14-30)29(2)24(34)32(22(20)33)15-19(16-37(3,35)36)27-18-8-10-26-11-9-18/h8-11,17H,6-7,12-16,25H2,1-3H3. The Bertz CT molecular complexity index is 1620. The molecule has 13 heteroatoms. The minimum atomic E-state index is -3.50. The lowest BCUT2D eigenvalue weighted by molar-refractivity contribution is 0.496. The third-order valence-corrected chi connectivity index (χ3v) is 6.94. The summed E-state index contributed by atoms with van der Waals surface area (Å²) in [6.45, 7) is 2.89. The third-order valence-electron chi connectivity index (χ3n) is 6.09. The second-order valence-electron chi connectivity index (χ2n) is 9.13. The number of anilines is 1. The quantitative estimate of drug-likeness (QED) is 0.335. The molecule has 1 atom stereocenters. The van der Waals surface area contributed by atoms with Gasteiger partial charge in [-0.3, -0.25) is 28.5 Å². The van der Waals surface area contributed by atoms with Crippen LogP contribution in [0, 0.1) is 11.8 Å². The number of aromatic nitrogens is 5. The molecule has 12 nitrogen and oxygen atoms in total. The Labute approximate surface area is 214 Å². The highest BCUT2D eigenvalue weighted by atomic mass is 32.2. The average molecular weight is 527 g/mol. The average Bonchev–Trinajstić information content (AvgIpc) is 3.23. The predicted octanol–water partition coefficient (Wildman–Crippen LogP) is 0.0598. The van der Waals surface area contributed by atoms with Gasteiger partial charge < -0.3 is 10.6 Å². The first-order valence-corrected chi connectivity index (χ1v) is 13.9. The first kappa shape index (κ1) is 26.3. The number of imidazole rings is 1. The van der Waals surface area contributed by atoms with Gasteiger partial charge in [-0.15, -0.1) is 5.92 Å². The van der Waals surface area contributed by atoms with Gasteiger partial charge in [0, 0.05) is 44.8 Å². The molecule has 0 aliphatic carbocycles. The lowest BCUT2D eigenvalue weighted by atomic mass is 10.1. The van der Waals surface area contributed by atoms with E-state index in [1.54, 1.807) is 23.6 Å². The molecule has 0 aromatic carbocycles. The Kier molecular flexibility index (Phi) is 7.60. The van der Waals surface area contributed by atoms with Crippen LogP contribution in [0.1, 0.15) is 19.8 Å². The van der Waals surface area contributed by atoms with Crippen molar-refractivity contribution in [3.63, 3.8) is 0 Å². The smallest absolute Gasteiger partial charge is 0.332 e. The summed E-state index contributed by atoms with van der Waals surface area (Å²) in [5.41, 5.74) is 6.03. The fourth-order valence-corrected chi connectivity index (χ4v) is 5.20. The van der Waals surface area contributed by atoms with Crippen LogP contribution in [0.4, 0.5) is 11.6 Å². The molecule has 0 spiro atoms. The highest BCUT2D eigenvalue weighted by Gasteiger charge is 2.26. The van der Waals surface area contributed by atoms with Crippen LogP contribution in [0.5, 0.6) is 0 Å². The van der Waals surface area contributed by atoms with Crippen LogP contribution in [-0.2, 0) is 30.0 Å². The van der Waals surface area contributed by atoms with Gasteiger partial charge in [0.15, 0.2) is 21.0 Å². The highest BCUT2D eigenvalue weighted by molar-refractivity contribution is 7.91. The van der Waals surface area contributed by atoms with Gasteiger partial charge in [-0.05, 0) is 31.9 Å². The van der Waals surface area contributed by atoms with Crippen LogP contribution < -0.4 is 21.9 Å². The van der Waals surface area contributed by atoms with E-state index < -0.39 is 26.8 Å². The van der Waals surface area contributed by atoms with Crippen LogP contribution in [0.15, 0.2) is 39.1 Å². The van der Waals surface area contributed by atoms with Gasteiger partial charge in [0.2, 0.25) is 5.95 Å². The number of sulfone groups is 1. The van der Waals surface area contributed by atoms with Crippen molar-refractivity contribution in [2.24, 2.45) is 17.8 Å². The van der Waals surface area contributed by atoms with Crippen LogP contribution in [0.2, 0.25) is 0 Å². The molecule has 0 bridgehead atoms. The lowest BCUT2D eigenvalue weighted by Crippen LogP contribution is -2.44. The van der Waals surface area contributed by atoms with E-state index in [9.17, 15) is 18.0 Å². The summed E-state index contributed by atoms with van der Waals surface area (Å²) in [6, 6.07) is 3.20. The number of pyridine rings is 1. The van der Waals surface area contributed by atoms with E-state index in [2.05, 4.69) is 26.8 Å². The summed E-state index contributed by atoms with van der Waals surface area (Å²) in [7, 11) is -1.97. The molecule has 1 fully saturated rings. The van der Waals surface area contributed by atoms with E-state index in [0.717, 1.165) is 30.2 Å². The zero-order valence-corrected chi connectivity index (χ0v) is 21.9. The van der Waals surface area contributed by atoms with E-state index in [1.165, 1.54) is 24.0 Å². The van der Waals surface area contributed by atoms with Crippen molar-refractivity contribution >= 4 is 38.3 Å². The van der Waals surface area contributed by atoms with Crippen molar-refractivity contribution in [3.05, 3.63) is 45.4 Å². The zero-order valence-electron chi connectivity index (χ0n) is 21.1. The fourth-order valence-electron chi connectivity index (χ4n) is 4.44. The molecule has 1 unspecified atom stereocenters. The Hall–Kier alpha value is -3.76. The molecule has 1 saturated heterocycles. The molecule has 4 rings (SSSR count). The first-order chi connectivity index (χ1) is 17.6. The molecule has 3 aromatic heterocycles. The molecular weight excluding hydrogens is 496 g/mol. The summed E-state index contributed by atoms with van der Waals surface area (Å²) in [6.07, 6.45) is 5.91. The van der Waals surface area contributed by atoms with Crippen LogP contribution in [0.25, 0.3) is 11.2 Å². The number of fused-ring (bicyclic) bond motifs is 1. The van der Waals surface area contributed by atoms with Crippen molar-refractivity contribution in [1.82, 2.24) is 23.7 Å². The van der Waals surface area contributed by atoms with E-state index >= 15 is 0 Å². The number of nitrogens with zero attached hydrogens (tertiary/aromatic N) is 7. The van der Waals surface area contributed by atoms with Crippen LogP contribution >= 0.6 is 0 Å². The number of nitrogens with two attached hydrogens (primary N) is 1. The summed E-state index contributed by atoms with van der Waals surface area (Å²) >= 11 is 0. The van der Waals surface area contributed by atoms with Gasteiger partial charge in [-0.2, -0.15) is 4.98 Å². The van der Waals surface area contributed by atoms with Gasteiger partial charge in [0.25, 0.3) is 5.56 Å². The Morgan fingerprint density at radius 2 is 1.97 bits per heavy atom. The summed E-state index contributed by atoms with van der Waals surface area (Å²) in [4.78, 5) is 42.1. The maximum atomic E-state index is 13.8. The van der Waals surface area contributed by atoms with Crippen molar-refractivity contribution in [2.75, 3.05) is 30.0 Å². The minimum absolute atomic E-state index is 0.0253. The molecule has 0 radical (unpaired) electrons. The van der Waals surface area contributed by atoms with Gasteiger partial charge in [0.1, 0.15) is 0 Å². The molecule has 3 aromatic rings. The number of aryl methyl sites for hydroxylation is 1. The van der Waals surface area contributed by atoms with Crippen molar-refractivity contribution in [3.8, 4) is 11.8 Å². The van der Waals surface area contributed by atoms with Gasteiger partial charge in [-0.25, -0.2) is 13.2 Å². The predicted molar refractivity (Wildman–Crippen MR) is 143 cm³/mol. The van der Waals surface area contributed by atoms with Crippen molar-refractivity contribution in [1.29, 1.82) is 0 Å². The van der Waals surface area contributed by atoms with E-state index in [-0.39, 0.29) is 36.0 Å². The molecule has 1 aliphatic heterocycles. The van der Waals surface area contributed by atoms with Crippen LogP contribution in [0.3, 0.4) is 0 Å². The molecule has 196 valence electrons. The SMILES string of the molecule is CC#CCn1c(N2CCCC(N)C2)nc2c1c(=O)n(CC(CS(C)(=O)=O)=Nc1ccncc1)c(=O)n2C. The van der Waals surface area contributed by atoms with E-state index in [0.29, 0.717) is 18.2 Å². The molecule has 37 heavy (non-hydrogen) atoms. The van der Waals surface area contributed by atoms with E-state index in [4.69, 9.17) is 5.73 Å². The Morgan fingerprint density at radius 1 is 1.24 bits per heavy atom. The van der Waals surface area contributed by atoms with Gasteiger partial charge in [-0.1, -0.05) is 5.92 Å². The summed E-state index contributed by atoms with van der Waals surface area (Å²) in [5.74, 6) is 5.95. The van der Waals surface area contributed by atoms with Crippen molar-refractivity contribution < 1.29 is 8.42 Å². The normalized spacial score (nSPS) is 16.6. The van der Waals surface area contributed by atoms with Crippen LogP contribution in [-0.4, -0.2) is 68.9 Å². The zero-order chi connectivity index (χ0) is 26.7. The number of hydrogen-bond acceptors (Lipinski definition) is 9. The third kappa shape index (κ3) is 5.81. The number of hydrogen-bond donors (Lipinski definition) is 1. The Balaban J connectivity index is 1.90. The molecule has 0 saturated carbocycles. The second kappa shape index (κ2) is 10.7. The van der Waals surface area contributed by atoms with E-state index in [1.807, 2.05) is 4.90 Å². The number of rotatable bonds is 7. The Morgan fingerprint density at radius 3 is 2.62 bits per heavy atom. The van der Waals surface area contributed by atoms with Gasteiger partial charge in [0.05, 0.1) is 30.2 Å². The summed E-state index contributed by atoms with van der Waals surface area (Å²) < 4.78 is 28.3.